The van der Waals surface area contributed by atoms with Gasteiger partial charge < -0.3 is 10.1 Å². The zero-order valence-electron chi connectivity index (χ0n) is 9.60. The molecule has 3 rings (SSSR count). The van der Waals surface area contributed by atoms with Crippen molar-refractivity contribution in [1.82, 2.24) is 15.5 Å². The molecule has 1 aliphatic heterocycles. The monoisotopic (exact) mass is 229 g/mol. The predicted molar refractivity (Wildman–Crippen MR) is 66.1 cm³/mol. The van der Waals surface area contributed by atoms with Crippen molar-refractivity contribution >= 4 is 10.8 Å². The smallest absolute Gasteiger partial charge is 0.241 e. The molecule has 0 saturated carbocycles. The third kappa shape index (κ3) is 2.22. The largest absolute Gasteiger partial charge is 0.475 e. The number of nitrogens with zero attached hydrogens (tertiary/aromatic N) is 2. The first-order valence-corrected chi connectivity index (χ1v) is 6.00. The minimum Gasteiger partial charge on any atom is -0.475 e. The Morgan fingerprint density at radius 3 is 3.18 bits per heavy atom. The fourth-order valence-corrected chi connectivity index (χ4v) is 2.19. The van der Waals surface area contributed by atoms with Crippen molar-refractivity contribution in [2.24, 2.45) is 0 Å². The number of hydrogen-bond acceptors (Lipinski definition) is 4. The normalized spacial score (nSPS) is 19.6. The van der Waals surface area contributed by atoms with E-state index in [1.165, 1.54) is 12.8 Å². The molecule has 0 bridgehead atoms. The highest BCUT2D eigenvalue weighted by Gasteiger charge is 2.15. The number of hydrogen-bond donors (Lipinski definition) is 1. The van der Waals surface area contributed by atoms with Crippen LogP contribution in [-0.2, 0) is 0 Å². The Hall–Kier alpha value is -1.68. The number of rotatable bonds is 3. The van der Waals surface area contributed by atoms with Gasteiger partial charge in [-0.2, -0.15) is 5.10 Å². The number of benzene rings is 1. The molecule has 1 fully saturated rings. The predicted octanol–water partition coefficient (Wildman–Crippen LogP) is 1.76. The van der Waals surface area contributed by atoms with Crippen LogP contribution in [0.15, 0.2) is 30.5 Å². The van der Waals surface area contributed by atoms with E-state index >= 15 is 0 Å². The molecule has 0 radical (unpaired) electrons. The average Bonchev–Trinajstić information content (AvgIpc) is 2.89. The van der Waals surface area contributed by atoms with Crippen LogP contribution in [0.1, 0.15) is 12.8 Å². The van der Waals surface area contributed by atoms with Crippen molar-refractivity contribution in [2.45, 2.75) is 18.9 Å². The molecule has 1 N–H and O–H groups in total. The fourth-order valence-electron chi connectivity index (χ4n) is 2.19. The first-order valence-electron chi connectivity index (χ1n) is 6.00. The van der Waals surface area contributed by atoms with Crippen molar-refractivity contribution in [1.29, 1.82) is 0 Å². The van der Waals surface area contributed by atoms with E-state index in [-0.39, 0.29) is 0 Å². The van der Waals surface area contributed by atoms with E-state index in [1.807, 2.05) is 24.3 Å². The lowest BCUT2D eigenvalue weighted by Crippen LogP contribution is -2.28. The van der Waals surface area contributed by atoms with E-state index in [9.17, 15) is 0 Å². The van der Waals surface area contributed by atoms with Gasteiger partial charge in [0.15, 0.2) is 0 Å². The second kappa shape index (κ2) is 4.67. The lowest BCUT2D eigenvalue weighted by atomic mass is 10.2. The SMILES string of the molecule is c1ccc2c(OCC3CCCN3)nncc2c1. The molecular weight excluding hydrogens is 214 g/mol. The molecule has 0 aliphatic carbocycles. The van der Waals surface area contributed by atoms with Gasteiger partial charge in [0.05, 0.1) is 6.20 Å². The minimum atomic E-state index is 0.454. The quantitative estimate of drug-likeness (QED) is 0.871. The highest BCUT2D eigenvalue weighted by molar-refractivity contribution is 5.85. The summed E-state index contributed by atoms with van der Waals surface area (Å²) in [5, 5.41) is 13.5. The van der Waals surface area contributed by atoms with Gasteiger partial charge in [-0.1, -0.05) is 18.2 Å². The molecule has 2 aromatic rings. The molecule has 0 spiro atoms. The van der Waals surface area contributed by atoms with Gasteiger partial charge >= 0.3 is 0 Å². The van der Waals surface area contributed by atoms with Crippen LogP contribution in [0.2, 0.25) is 0 Å². The zero-order chi connectivity index (χ0) is 11.5. The molecule has 1 aliphatic rings. The van der Waals surface area contributed by atoms with Crippen LogP contribution in [-0.4, -0.2) is 29.4 Å². The lowest BCUT2D eigenvalue weighted by Gasteiger charge is -2.12. The highest BCUT2D eigenvalue weighted by atomic mass is 16.5. The zero-order valence-corrected chi connectivity index (χ0v) is 9.60. The maximum atomic E-state index is 5.77. The summed E-state index contributed by atoms with van der Waals surface area (Å²) in [5.74, 6) is 0.636. The summed E-state index contributed by atoms with van der Waals surface area (Å²) in [6.45, 7) is 1.76. The van der Waals surface area contributed by atoms with Gasteiger partial charge in [0, 0.05) is 16.8 Å². The maximum Gasteiger partial charge on any atom is 0.241 e. The van der Waals surface area contributed by atoms with Crippen LogP contribution in [0.4, 0.5) is 0 Å². The Morgan fingerprint density at radius 2 is 2.29 bits per heavy atom. The number of ether oxygens (including phenoxy) is 1. The van der Waals surface area contributed by atoms with Crippen LogP contribution < -0.4 is 10.1 Å². The number of nitrogens with one attached hydrogen (secondary N) is 1. The van der Waals surface area contributed by atoms with Crippen LogP contribution >= 0.6 is 0 Å². The van der Waals surface area contributed by atoms with E-state index in [2.05, 4.69) is 15.5 Å². The summed E-state index contributed by atoms with van der Waals surface area (Å²) in [5.41, 5.74) is 0. The van der Waals surface area contributed by atoms with E-state index in [0.29, 0.717) is 18.5 Å². The molecule has 17 heavy (non-hydrogen) atoms. The molecular formula is C13H15N3O. The Bertz CT molecular complexity index is 503. The molecule has 1 aromatic carbocycles. The maximum absolute atomic E-state index is 5.77. The molecule has 88 valence electrons. The van der Waals surface area contributed by atoms with Gasteiger partial charge in [0.25, 0.3) is 0 Å². The van der Waals surface area contributed by atoms with Gasteiger partial charge in [-0.25, -0.2) is 0 Å². The summed E-state index contributed by atoms with van der Waals surface area (Å²) < 4.78 is 5.77. The second-order valence-corrected chi connectivity index (χ2v) is 4.34. The first-order chi connectivity index (χ1) is 8.43. The third-order valence-electron chi connectivity index (χ3n) is 3.12. The summed E-state index contributed by atoms with van der Waals surface area (Å²) in [6.07, 6.45) is 4.17. The van der Waals surface area contributed by atoms with Crippen LogP contribution in [0.5, 0.6) is 5.88 Å². The van der Waals surface area contributed by atoms with Crippen LogP contribution in [0.3, 0.4) is 0 Å². The number of fused-ring (bicyclic) bond motifs is 1. The summed E-state index contributed by atoms with van der Waals surface area (Å²) in [6, 6.07) is 8.47. The van der Waals surface area contributed by atoms with Gasteiger partial charge in [0.1, 0.15) is 6.61 Å². The molecule has 4 nitrogen and oxygen atoms in total. The number of aromatic nitrogens is 2. The summed E-state index contributed by atoms with van der Waals surface area (Å²) in [4.78, 5) is 0. The van der Waals surface area contributed by atoms with E-state index in [1.54, 1.807) is 6.20 Å². The van der Waals surface area contributed by atoms with E-state index < -0.39 is 0 Å². The van der Waals surface area contributed by atoms with Crippen LogP contribution in [0.25, 0.3) is 10.8 Å². The Morgan fingerprint density at radius 1 is 1.35 bits per heavy atom. The first kappa shape index (κ1) is 10.5. The molecule has 1 unspecified atom stereocenters. The summed E-state index contributed by atoms with van der Waals surface area (Å²) >= 11 is 0. The average molecular weight is 229 g/mol. The van der Waals surface area contributed by atoms with Crippen LogP contribution in [0, 0.1) is 0 Å². The van der Waals surface area contributed by atoms with Gasteiger partial charge in [-0.15, -0.1) is 5.10 Å². The lowest BCUT2D eigenvalue weighted by molar-refractivity contribution is 0.268. The van der Waals surface area contributed by atoms with Crippen molar-refractivity contribution in [2.75, 3.05) is 13.2 Å². The molecule has 0 amide bonds. The Labute approximate surface area is 100 Å². The highest BCUT2D eigenvalue weighted by Crippen LogP contribution is 2.21. The minimum absolute atomic E-state index is 0.454. The van der Waals surface area contributed by atoms with Crippen molar-refractivity contribution < 1.29 is 4.74 Å². The molecule has 1 atom stereocenters. The Balaban J connectivity index is 1.79. The van der Waals surface area contributed by atoms with Crippen molar-refractivity contribution in [3.63, 3.8) is 0 Å². The standard InChI is InChI=1S/C13H15N3O/c1-2-6-12-10(4-1)8-15-16-13(12)17-9-11-5-3-7-14-11/h1-2,4,6,8,11,14H,3,5,7,9H2. The van der Waals surface area contributed by atoms with Gasteiger partial charge in [0.2, 0.25) is 5.88 Å². The molecule has 2 heterocycles. The molecule has 1 saturated heterocycles. The fraction of sp³-hybridized carbons (Fsp3) is 0.385. The van der Waals surface area contributed by atoms with E-state index in [4.69, 9.17) is 4.74 Å². The second-order valence-electron chi connectivity index (χ2n) is 4.34. The van der Waals surface area contributed by atoms with Crippen molar-refractivity contribution in [3.8, 4) is 5.88 Å². The van der Waals surface area contributed by atoms with E-state index in [0.717, 1.165) is 17.3 Å². The topological polar surface area (TPSA) is 47.0 Å². The molecule has 4 heteroatoms. The van der Waals surface area contributed by atoms with Crippen molar-refractivity contribution in [3.05, 3.63) is 30.5 Å². The summed E-state index contributed by atoms with van der Waals surface area (Å²) in [7, 11) is 0. The molecule has 1 aromatic heterocycles. The van der Waals surface area contributed by atoms with Gasteiger partial charge in [-0.3, -0.25) is 0 Å². The third-order valence-corrected chi connectivity index (χ3v) is 3.12. The Kier molecular flexibility index (Phi) is 2.88. The van der Waals surface area contributed by atoms with Gasteiger partial charge in [-0.05, 0) is 25.5 Å².